The number of hydrogen-bond acceptors (Lipinski definition) is 3. The number of fused-ring (bicyclic) bond motifs is 1. The van der Waals surface area contributed by atoms with Gasteiger partial charge in [-0.3, -0.25) is 14.4 Å². The molecule has 0 radical (unpaired) electrons. The fourth-order valence-corrected chi connectivity index (χ4v) is 2.31. The van der Waals surface area contributed by atoms with Crippen molar-refractivity contribution in [3.05, 3.63) is 82.6 Å². The number of rotatable bonds is 2. The van der Waals surface area contributed by atoms with E-state index in [1.54, 1.807) is 36.4 Å². The molecule has 2 aromatic carbocycles. The van der Waals surface area contributed by atoms with E-state index in [-0.39, 0.29) is 17.3 Å². The van der Waals surface area contributed by atoms with Gasteiger partial charge in [0, 0.05) is 22.8 Å². The molecule has 0 spiro atoms. The summed E-state index contributed by atoms with van der Waals surface area (Å²) in [5.74, 6) is -1.04. The first-order valence-corrected chi connectivity index (χ1v) is 6.84. The summed E-state index contributed by atoms with van der Waals surface area (Å²) in [5.41, 5.74) is 2.16. The largest absolute Gasteiger partial charge is 0.319 e. The number of Topliss-reactive ketones (excluding diaryl/α,β-unsaturated/α-hetero) is 1. The van der Waals surface area contributed by atoms with Gasteiger partial charge in [-0.15, -0.1) is 0 Å². The van der Waals surface area contributed by atoms with Crippen molar-refractivity contribution in [2.45, 2.75) is 6.92 Å². The van der Waals surface area contributed by atoms with Crippen molar-refractivity contribution in [2.75, 3.05) is 0 Å². The fourth-order valence-electron chi connectivity index (χ4n) is 2.31. The van der Waals surface area contributed by atoms with Crippen LogP contribution in [0, 0.1) is 6.92 Å². The number of ketones is 2. The Morgan fingerprint density at radius 2 is 1.55 bits per heavy atom. The lowest BCUT2D eigenvalue weighted by Crippen LogP contribution is -2.31. The molecule has 1 amide bonds. The first kappa shape index (κ1) is 13.9. The lowest BCUT2D eigenvalue weighted by molar-refractivity contribution is 0.0924. The predicted molar refractivity (Wildman–Crippen MR) is 81.8 cm³/mol. The average molecular weight is 291 g/mol. The van der Waals surface area contributed by atoms with Crippen LogP contribution in [0.25, 0.3) is 0 Å². The van der Waals surface area contributed by atoms with Gasteiger partial charge in [0.05, 0.1) is 5.70 Å². The van der Waals surface area contributed by atoms with E-state index >= 15 is 0 Å². The molecule has 2 aromatic rings. The summed E-state index contributed by atoms with van der Waals surface area (Å²) < 4.78 is 0. The summed E-state index contributed by atoms with van der Waals surface area (Å²) in [4.78, 5) is 36.5. The smallest absolute Gasteiger partial charge is 0.255 e. The summed E-state index contributed by atoms with van der Waals surface area (Å²) >= 11 is 0. The molecular weight excluding hydrogens is 278 g/mol. The number of allylic oxidation sites excluding steroid dienone is 2. The third-order valence-electron chi connectivity index (χ3n) is 3.52. The van der Waals surface area contributed by atoms with E-state index in [1.807, 2.05) is 19.1 Å². The van der Waals surface area contributed by atoms with Crippen molar-refractivity contribution in [1.29, 1.82) is 0 Å². The highest BCUT2D eigenvalue weighted by Crippen LogP contribution is 2.20. The molecule has 0 fully saturated rings. The molecule has 0 saturated heterocycles. The first-order valence-electron chi connectivity index (χ1n) is 6.84. The normalized spacial score (nSPS) is 13.4. The molecule has 4 nitrogen and oxygen atoms in total. The maximum atomic E-state index is 12.3. The second-order valence-electron chi connectivity index (χ2n) is 5.12. The van der Waals surface area contributed by atoms with Gasteiger partial charge < -0.3 is 5.32 Å². The molecule has 0 aliphatic heterocycles. The molecule has 1 aliphatic carbocycles. The van der Waals surface area contributed by atoms with Gasteiger partial charge in [-0.25, -0.2) is 0 Å². The van der Waals surface area contributed by atoms with E-state index in [0.29, 0.717) is 16.7 Å². The van der Waals surface area contributed by atoms with Crippen molar-refractivity contribution in [3.63, 3.8) is 0 Å². The Labute approximate surface area is 127 Å². The van der Waals surface area contributed by atoms with Gasteiger partial charge in [-0.1, -0.05) is 42.0 Å². The number of amides is 1. The SMILES string of the molecule is Cc1ccc(C(=O)NC2=CC(=O)c3ccccc3C2=O)cc1. The van der Waals surface area contributed by atoms with Crippen LogP contribution in [0.4, 0.5) is 0 Å². The Kier molecular flexibility index (Phi) is 3.43. The van der Waals surface area contributed by atoms with E-state index in [1.165, 1.54) is 6.08 Å². The monoisotopic (exact) mass is 291 g/mol. The summed E-state index contributed by atoms with van der Waals surface area (Å²) in [5, 5.41) is 2.53. The minimum atomic E-state index is -0.410. The van der Waals surface area contributed by atoms with Crippen molar-refractivity contribution in [3.8, 4) is 0 Å². The van der Waals surface area contributed by atoms with Gasteiger partial charge in [0.15, 0.2) is 5.78 Å². The summed E-state index contributed by atoms with van der Waals surface area (Å²) in [6.07, 6.45) is 1.18. The summed E-state index contributed by atoms with van der Waals surface area (Å²) in [6.45, 7) is 1.92. The number of carbonyl (C=O) groups is 3. The molecule has 0 heterocycles. The van der Waals surface area contributed by atoms with Crippen LogP contribution in [0.1, 0.15) is 36.6 Å². The fraction of sp³-hybridized carbons (Fsp3) is 0.0556. The van der Waals surface area contributed by atoms with Crippen LogP contribution in [0.2, 0.25) is 0 Å². The second-order valence-corrected chi connectivity index (χ2v) is 5.12. The molecular formula is C18H13NO3. The van der Waals surface area contributed by atoms with E-state index in [2.05, 4.69) is 5.32 Å². The van der Waals surface area contributed by atoms with Crippen LogP contribution in [-0.2, 0) is 0 Å². The Morgan fingerprint density at radius 1 is 0.909 bits per heavy atom. The highest BCUT2D eigenvalue weighted by Gasteiger charge is 2.26. The van der Waals surface area contributed by atoms with Gasteiger partial charge in [-0.05, 0) is 19.1 Å². The summed E-state index contributed by atoms with van der Waals surface area (Å²) in [7, 11) is 0. The van der Waals surface area contributed by atoms with Crippen LogP contribution in [0.15, 0.2) is 60.3 Å². The third-order valence-corrected chi connectivity index (χ3v) is 3.52. The van der Waals surface area contributed by atoms with Crippen LogP contribution in [-0.4, -0.2) is 17.5 Å². The molecule has 108 valence electrons. The standard InChI is InChI=1S/C18H13NO3/c1-11-6-8-12(9-7-11)18(22)19-15-10-16(20)13-4-2-3-5-14(13)17(15)21/h2-10H,1H3,(H,19,22). The zero-order chi connectivity index (χ0) is 15.7. The third kappa shape index (κ3) is 2.46. The van der Waals surface area contributed by atoms with E-state index in [4.69, 9.17) is 0 Å². The molecule has 0 atom stereocenters. The second kappa shape index (κ2) is 5.41. The van der Waals surface area contributed by atoms with Crippen LogP contribution >= 0.6 is 0 Å². The highest BCUT2D eigenvalue weighted by molar-refractivity contribution is 6.25. The van der Waals surface area contributed by atoms with Crippen LogP contribution < -0.4 is 5.32 Å². The van der Waals surface area contributed by atoms with Crippen LogP contribution in [0.5, 0.6) is 0 Å². The maximum absolute atomic E-state index is 12.3. The zero-order valence-corrected chi connectivity index (χ0v) is 11.9. The molecule has 0 unspecified atom stereocenters. The number of hydrogen-bond donors (Lipinski definition) is 1. The van der Waals surface area contributed by atoms with Crippen LogP contribution in [0.3, 0.4) is 0 Å². The highest BCUT2D eigenvalue weighted by atomic mass is 16.2. The van der Waals surface area contributed by atoms with Gasteiger partial charge >= 0.3 is 0 Å². The minimum Gasteiger partial charge on any atom is -0.319 e. The van der Waals surface area contributed by atoms with E-state index < -0.39 is 5.91 Å². The van der Waals surface area contributed by atoms with Crippen molar-refractivity contribution in [1.82, 2.24) is 5.32 Å². The molecule has 0 aromatic heterocycles. The summed E-state index contributed by atoms with van der Waals surface area (Å²) in [6, 6.07) is 13.6. The zero-order valence-electron chi connectivity index (χ0n) is 11.9. The lowest BCUT2D eigenvalue weighted by Gasteiger charge is -2.15. The molecule has 0 bridgehead atoms. The number of benzene rings is 2. The molecule has 3 rings (SSSR count). The van der Waals surface area contributed by atoms with Gasteiger partial charge in [0.1, 0.15) is 0 Å². The Balaban J connectivity index is 1.87. The quantitative estimate of drug-likeness (QED) is 0.925. The molecule has 0 saturated carbocycles. The van der Waals surface area contributed by atoms with Crippen molar-refractivity contribution >= 4 is 17.5 Å². The molecule has 4 heteroatoms. The number of aryl methyl sites for hydroxylation is 1. The van der Waals surface area contributed by atoms with Gasteiger partial charge in [0.2, 0.25) is 5.78 Å². The predicted octanol–water partition coefficient (Wildman–Crippen LogP) is 2.69. The van der Waals surface area contributed by atoms with Gasteiger partial charge in [-0.2, -0.15) is 0 Å². The first-order chi connectivity index (χ1) is 10.6. The number of nitrogens with one attached hydrogen (secondary N) is 1. The molecule has 22 heavy (non-hydrogen) atoms. The molecule has 1 N–H and O–H groups in total. The topological polar surface area (TPSA) is 63.2 Å². The minimum absolute atomic E-state index is 0.00859. The Morgan fingerprint density at radius 3 is 2.23 bits per heavy atom. The van der Waals surface area contributed by atoms with E-state index in [9.17, 15) is 14.4 Å². The Bertz CT molecular complexity index is 816. The Hall–Kier alpha value is -3.01. The van der Waals surface area contributed by atoms with Gasteiger partial charge in [0.25, 0.3) is 5.91 Å². The molecule has 1 aliphatic rings. The maximum Gasteiger partial charge on any atom is 0.255 e. The average Bonchev–Trinajstić information content (AvgIpc) is 2.53. The number of carbonyl (C=O) groups excluding carboxylic acids is 3. The van der Waals surface area contributed by atoms with Crippen molar-refractivity contribution in [2.24, 2.45) is 0 Å². The van der Waals surface area contributed by atoms with E-state index in [0.717, 1.165) is 5.56 Å². The van der Waals surface area contributed by atoms with Crippen molar-refractivity contribution < 1.29 is 14.4 Å². The lowest BCUT2D eigenvalue weighted by atomic mass is 9.92.